The number of benzene rings is 2. The number of carbonyl (C=O) groups is 2. The molecule has 0 aliphatic rings. The van der Waals surface area contributed by atoms with Crippen LogP contribution in [0.25, 0.3) is 0 Å². The van der Waals surface area contributed by atoms with Crippen LogP contribution in [0.4, 0.5) is 10.5 Å². The first-order chi connectivity index (χ1) is 13.4. The minimum Gasteiger partial charge on any atom is -0.339 e. The lowest BCUT2D eigenvalue weighted by Gasteiger charge is -2.09. The fourth-order valence-corrected chi connectivity index (χ4v) is 4.15. The molecule has 0 saturated heterocycles. The van der Waals surface area contributed by atoms with Crippen LogP contribution in [0.3, 0.4) is 0 Å². The number of thiazole rings is 1. The maximum Gasteiger partial charge on any atom is 0.285 e. The van der Waals surface area contributed by atoms with Gasteiger partial charge < -0.3 is 10.2 Å². The van der Waals surface area contributed by atoms with Crippen molar-refractivity contribution in [2.75, 3.05) is 19.4 Å². The number of thioether (sulfide) groups is 1. The van der Waals surface area contributed by atoms with E-state index < -0.39 is 0 Å². The van der Waals surface area contributed by atoms with E-state index in [9.17, 15) is 9.59 Å². The van der Waals surface area contributed by atoms with E-state index in [2.05, 4.69) is 22.4 Å². The van der Waals surface area contributed by atoms with Crippen LogP contribution < -0.4 is 5.32 Å². The first-order valence-electron chi connectivity index (χ1n) is 8.73. The molecule has 1 heterocycles. The van der Waals surface area contributed by atoms with Crippen LogP contribution in [0.2, 0.25) is 0 Å². The first-order valence-corrected chi connectivity index (χ1v) is 10.4. The summed E-state index contributed by atoms with van der Waals surface area (Å²) in [6.45, 7) is 1.85. The topological polar surface area (TPSA) is 62.3 Å². The number of carbonyl (C=O) groups excluding carboxylic acids is 2. The molecule has 0 aliphatic carbocycles. The Morgan fingerprint density at radius 2 is 1.75 bits per heavy atom. The zero-order chi connectivity index (χ0) is 20.1. The second-order valence-corrected chi connectivity index (χ2v) is 8.53. The molecule has 1 N–H and O–H groups in total. The van der Waals surface area contributed by atoms with Crippen LogP contribution in [0.15, 0.2) is 59.5 Å². The van der Waals surface area contributed by atoms with Gasteiger partial charge in [0.05, 0.1) is 10.7 Å². The van der Waals surface area contributed by atoms with Crippen molar-refractivity contribution < 1.29 is 9.59 Å². The molecule has 0 unspecified atom stereocenters. The fourth-order valence-electron chi connectivity index (χ4n) is 2.50. The van der Waals surface area contributed by atoms with Crippen LogP contribution >= 0.6 is 23.1 Å². The molecule has 7 heteroatoms. The molecule has 5 nitrogen and oxygen atoms in total. The Bertz CT molecular complexity index is 967. The minimum absolute atomic E-state index is 0.0389. The molecular weight excluding hydrogens is 390 g/mol. The lowest BCUT2D eigenvalue weighted by atomic mass is 10.2. The summed E-state index contributed by atoms with van der Waals surface area (Å²) in [4.78, 5) is 31.9. The van der Waals surface area contributed by atoms with E-state index in [0.29, 0.717) is 17.0 Å². The standard InChI is InChI=1S/C21H21N3O2S2/c1-14-19(28-18(22-14)13-15-7-5-4-6-8-15)20(25)23-16-9-11-17(12-10-16)27-21(26)24(2)3/h4-12H,13H2,1-3H3,(H,23,25). The van der Waals surface area contributed by atoms with Gasteiger partial charge >= 0.3 is 0 Å². The van der Waals surface area contributed by atoms with Gasteiger partial charge in [0.2, 0.25) is 0 Å². The average molecular weight is 412 g/mol. The Hall–Kier alpha value is -2.64. The Morgan fingerprint density at radius 1 is 1.07 bits per heavy atom. The van der Waals surface area contributed by atoms with Crippen molar-refractivity contribution in [1.82, 2.24) is 9.88 Å². The van der Waals surface area contributed by atoms with E-state index in [0.717, 1.165) is 27.4 Å². The van der Waals surface area contributed by atoms with Crippen molar-refractivity contribution in [1.29, 1.82) is 0 Å². The molecule has 28 heavy (non-hydrogen) atoms. The second kappa shape index (κ2) is 9.03. The zero-order valence-electron chi connectivity index (χ0n) is 15.9. The van der Waals surface area contributed by atoms with Gasteiger partial charge in [0.1, 0.15) is 4.88 Å². The molecule has 0 atom stereocenters. The molecular formula is C21H21N3O2S2. The smallest absolute Gasteiger partial charge is 0.285 e. The van der Waals surface area contributed by atoms with E-state index in [-0.39, 0.29) is 11.1 Å². The average Bonchev–Trinajstić information content (AvgIpc) is 3.04. The lowest BCUT2D eigenvalue weighted by Crippen LogP contribution is -2.16. The number of hydrogen-bond donors (Lipinski definition) is 1. The summed E-state index contributed by atoms with van der Waals surface area (Å²) in [5.41, 5.74) is 2.59. The van der Waals surface area contributed by atoms with Crippen LogP contribution in [0.1, 0.15) is 25.9 Å². The predicted molar refractivity (Wildman–Crippen MR) is 115 cm³/mol. The predicted octanol–water partition coefficient (Wildman–Crippen LogP) is 5.07. The minimum atomic E-state index is -0.168. The summed E-state index contributed by atoms with van der Waals surface area (Å²) >= 11 is 2.57. The van der Waals surface area contributed by atoms with Crippen molar-refractivity contribution in [2.45, 2.75) is 18.2 Å². The molecule has 2 aromatic carbocycles. The largest absolute Gasteiger partial charge is 0.339 e. The molecule has 2 amide bonds. The summed E-state index contributed by atoms with van der Waals surface area (Å²) < 4.78 is 0. The molecule has 1 aromatic heterocycles. The van der Waals surface area contributed by atoms with Gasteiger partial charge in [-0.2, -0.15) is 0 Å². The highest BCUT2D eigenvalue weighted by molar-refractivity contribution is 8.13. The molecule has 0 saturated carbocycles. The van der Waals surface area contributed by atoms with E-state index in [4.69, 9.17) is 0 Å². The monoisotopic (exact) mass is 411 g/mol. The highest BCUT2D eigenvalue weighted by Crippen LogP contribution is 2.25. The third kappa shape index (κ3) is 5.21. The van der Waals surface area contributed by atoms with Gasteiger partial charge in [0.15, 0.2) is 0 Å². The Kier molecular flexibility index (Phi) is 6.49. The molecule has 3 rings (SSSR count). The summed E-state index contributed by atoms with van der Waals surface area (Å²) in [6, 6.07) is 17.3. The maximum absolute atomic E-state index is 12.6. The Morgan fingerprint density at radius 3 is 2.39 bits per heavy atom. The Labute approximate surface area is 172 Å². The lowest BCUT2D eigenvalue weighted by molar-refractivity contribution is 0.103. The molecule has 0 aliphatic heterocycles. The number of anilines is 1. The summed E-state index contributed by atoms with van der Waals surface area (Å²) in [5.74, 6) is -0.168. The normalized spacial score (nSPS) is 10.5. The van der Waals surface area contributed by atoms with Gasteiger partial charge in [-0.25, -0.2) is 4.98 Å². The van der Waals surface area contributed by atoms with Crippen LogP contribution in [-0.2, 0) is 6.42 Å². The first kappa shape index (κ1) is 20.1. The van der Waals surface area contributed by atoms with Gasteiger partial charge in [0, 0.05) is 31.1 Å². The van der Waals surface area contributed by atoms with E-state index in [1.54, 1.807) is 26.2 Å². The SMILES string of the molecule is Cc1nc(Cc2ccccc2)sc1C(=O)Nc1ccc(SC(=O)N(C)C)cc1. The van der Waals surface area contributed by atoms with Gasteiger partial charge in [-0.3, -0.25) is 9.59 Å². The number of nitrogens with zero attached hydrogens (tertiary/aromatic N) is 2. The highest BCUT2D eigenvalue weighted by atomic mass is 32.2. The zero-order valence-corrected chi connectivity index (χ0v) is 17.6. The van der Waals surface area contributed by atoms with Crippen LogP contribution in [-0.4, -0.2) is 35.1 Å². The van der Waals surface area contributed by atoms with Crippen molar-refractivity contribution in [3.63, 3.8) is 0 Å². The molecule has 144 valence electrons. The van der Waals surface area contributed by atoms with Crippen molar-refractivity contribution in [3.8, 4) is 0 Å². The number of aryl methyl sites for hydroxylation is 1. The van der Waals surface area contributed by atoms with Crippen LogP contribution in [0.5, 0.6) is 0 Å². The number of amides is 2. The number of rotatable bonds is 5. The maximum atomic E-state index is 12.6. The number of nitrogens with one attached hydrogen (secondary N) is 1. The quantitative estimate of drug-likeness (QED) is 0.596. The molecule has 0 fully saturated rings. The fraction of sp³-hybridized carbons (Fsp3) is 0.190. The molecule has 3 aromatic rings. The van der Waals surface area contributed by atoms with Gasteiger partial charge in [0.25, 0.3) is 11.1 Å². The summed E-state index contributed by atoms with van der Waals surface area (Å²) in [6.07, 6.45) is 0.714. The van der Waals surface area contributed by atoms with Crippen molar-refractivity contribution in [2.24, 2.45) is 0 Å². The van der Waals surface area contributed by atoms with Gasteiger partial charge in [-0.1, -0.05) is 30.3 Å². The molecule has 0 spiro atoms. The second-order valence-electron chi connectivity index (χ2n) is 6.43. The van der Waals surface area contributed by atoms with Crippen molar-refractivity contribution >= 4 is 39.9 Å². The van der Waals surface area contributed by atoms with E-state index >= 15 is 0 Å². The molecule has 0 radical (unpaired) electrons. The van der Waals surface area contributed by atoms with Gasteiger partial charge in [-0.15, -0.1) is 11.3 Å². The third-order valence-corrected chi connectivity index (χ3v) is 6.13. The molecule has 0 bridgehead atoms. The summed E-state index contributed by atoms with van der Waals surface area (Å²) in [5, 5.41) is 3.79. The third-order valence-electron chi connectivity index (χ3n) is 3.93. The number of hydrogen-bond acceptors (Lipinski definition) is 5. The van der Waals surface area contributed by atoms with E-state index in [1.807, 2.05) is 37.3 Å². The van der Waals surface area contributed by atoms with Crippen molar-refractivity contribution in [3.05, 3.63) is 75.7 Å². The van der Waals surface area contributed by atoms with E-state index in [1.165, 1.54) is 21.8 Å². The summed E-state index contributed by atoms with van der Waals surface area (Å²) in [7, 11) is 3.43. The highest BCUT2D eigenvalue weighted by Gasteiger charge is 2.16. The number of aromatic nitrogens is 1. The van der Waals surface area contributed by atoms with Crippen LogP contribution in [0, 0.1) is 6.92 Å². The van der Waals surface area contributed by atoms with Gasteiger partial charge in [-0.05, 0) is 48.5 Å². The Balaban J connectivity index is 1.65.